The van der Waals surface area contributed by atoms with Crippen molar-refractivity contribution in [1.29, 1.82) is 0 Å². The number of carbonyl (C=O) groups is 1. The lowest BCUT2D eigenvalue weighted by Crippen LogP contribution is -2.70. The number of amides is 1. The highest BCUT2D eigenvalue weighted by atomic mass is 19.2. The molecule has 2 heterocycles. The molecular formula is C10H9F2N5O4. The number of nitro groups is 1. The molecule has 112 valence electrons. The quantitative estimate of drug-likeness (QED) is 0.341. The lowest BCUT2D eigenvalue weighted by molar-refractivity contribution is -0.432. The Bertz CT molecular complexity index is 631. The van der Waals surface area contributed by atoms with E-state index in [4.69, 9.17) is 0 Å². The van der Waals surface area contributed by atoms with Gasteiger partial charge in [-0.05, 0) is 6.08 Å². The van der Waals surface area contributed by atoms with Crippen molar-refractivity contribution in [2.45, 2.75) is 24.4 Å². The molecule has 0 spiro atoms. The van der Waals surface area contributed by atoms with Gasteiger partial charge in [-0.2, -0.15) is 4.39 Å². The van der Waals surface area contributed by atoms with Crippen LogP contribution in [0.2, 0.25) is 0 Å². The molecule has 0 bridgehead atoms. The maximum Gasteiger partial charge on any atom is 0.310 e. The van der Waals surface area contributed by atoms with Crippen LogP contribution >= 0.6 is 0 Å². The number of nitrogens with one attached hydrogen (secondary N) is 3. The minimum Gasteiger partial charge on any atom is -0.375 e. The van der Waals surface area contributed by atoms with Crippen molar-refractivity contribution in [2.75, 3.05) is 0 Å². The van der Waals surface area contributed by atoms with Crippen LogP contribution in [0.4, 0.5) is 8.78 Å². The van der Waals surface area contributed by atoms with E-state index in [2.05, 4.69) is 21.2 Å². The number of nitrogens with zero attached hydrogens (tertiary/aromatic N) is 2. The third-order valence-corrected chi connectivity index (χ3v) is 3.40. The van der Waals surface area contributed by atoms with Crippen molar-refractivity contribution >= 4 is 11.6 Å². The molecule has 1 amide bonds. The fourth-order valence-corrected chi connectivity index (χ4v) is 2.46. The number of halogens is 2. The van der Waals surface area contributed by atoms with E-state index in [1.54, 1.807) is 0 Å². The largest absolute Gasteiger partial charge is 0.375 e. The minimum atomic E-state index is -1.61. The van der Waals surface area contributed by atoms with Gasteiger partial charge in [-0.15, -0.1) is 0 Å². The van der Waals surface area contributed by atoms with Gasteiger partial charge in [-0.3, -0.25) is 30.6 Å². The molecule has 0 aromatic rings. The van der Waals surface area contributed by atoms with E-state index in [1.807, 2.05) is 0 Å². The van der Waals surface area contributed by atoms with Gasteiger partial charge in [0.25, 0.3) is 5.91 Å². The molecule has 0 aromatic heterocycles. The summed E-state index contributed by atoms with van der Waals surface area (Å²) < 4.78 is 27.0. The molecule has 4 N–H and O–H groups in total. The molecule has 9 nitrogen and oxygen atoms in total. The van der Waals surface area contributed by atoms with Crippen LogP contribution in [0, 0.1) is 10.1 Å². The van der Waals surface area contributed by atoms with Crippen molar-refractivity contribution in [3.8, 4) is 0 Å². The van der Waals surface area contributed by atoms with Crippen molar-refractivity contribution in [1.82, 2.24) is 16.2 Å². The van der Waals surface area contributed by atoms with Gasteiger partial charge in [0, 0.05) is 0 Å². The summed E-state index contributed by atoms with van der Waals surface area (Å²) in [5.74, 6) is -3.70. The normalized spacial score (nSPS) is 35.3. The Morgan fingerprint density at radius 2 is 2.14 bits per heavy atom. The van der Waals surface area contributed by atoms with E-state index in [9.17, 15) is 28.8 Å². The molecule has 4 unspecified atom stereocenters. The first kappa shape index (κ1) is 13.7. The van der Waals surface area contributed by atoms with E-state index in [1.165, 1.54) is 0 Å². The minimum absolute atomic E-state index is 0.217. The smallest absolute Gasteiger partial charge is 0.310 e. The van der Waals surface area contributed by atoms with Crippen molar-refractivity contribution in [2.24, 2.45) is 4.99 Å². The number of aliphatic hydroxyl groups excluding tert-OH is 1. The van der Waals surface area contributed by atoms with Gasteiger partial charge in [-0.25, -0.2) is 9.82 Å². The number of hydrogen-bond acceptors (Lipinski definition) is 7. The van der Waals surface area contributed by atoms with Gasteiger partial charge < -0.3 is 5.11 Å². The number of hydrogen-bond donors (Lipinski definition) is 4. The van der Waals surface area contributed by atoms with Crippen molar-refractivity contribution < 1.29 is 23.6 Å². The summed E-state index contributed by atoms with van der Waals surface area (Å²) in [6.45, 7) is 0. The van der Waals surface area contributed by atoms with E-state index < -0.39 is 52.5 Å². The van der Waals surface area contributed by atoms with Gasteiger partial charge in [0.2, 0.25) is 5.83 Å². The average Bonchev–Trinajstić information content (AvgIpc) is 2.43. The van der Waals surface area contributed by atoms with Crippen LogP contribution in [0.15, 0.2) is 28.4 Å². The Kier molecular flexibility index (Phi) is 3.04. The Morgan fingerprint density at radius 1 is 1.43 bits per heavy atom. The van der Waals surface area contributed by atoms with Crippen LogP contribution < -0.4 is 16.2 Å². The Morgan fingerprint density at radius 3 is 2.81 bits per heavy atom. The number of hydrazine groups is 1. The summed E-state index contributed by atoms with van der Waals surface area (Å²) in [6.07, 6.45) is -0.458. The first-order valence-electron chi connectivity index (χ1n) is 5.89. The maximum absolute atomic E-state index is 13.6. The Labute approximate surface area is 115 Å². The lowest BCUT2D eigenvalue weighted by atomic mass is 9.92. The summed E-state index contributed by atoms with van der Waals surface area (Å²) in [7, 11) is 0. The zero-order valence-electron chi connectivity index (χ0n) is 10.2. The number of aliphatic imine (C=N–C) groups is 1. The van der Waals surface area contributed by atoms with Gasteiger partial charge >= 0.3 is 5.70 Å². The highest BCUT2D eigenvalue weighted by Crippen LogP contribution is 2.32. The molecule has 2 aliphatic heterocycles. The summed E-state index contributed by atoms with van der Waals surface area (Å²) >= 11 is 0. The summed E-state index contributed by atoms with van der Waals surface area (Å²) in [6, 6.07) is -3.42. The summed E-state index contributed by atoms with van der Waals surface area (Å²) in [4.78, 5) is 25.3. The molecule has 0 aromatic carbocycles. The highest BCUT2D eigenvalue weighted by molar-refractivity contribution is 6.41. The number of carbonyl (C=O) groups excluding carboxylic acids is 1. The number of fused-ring (bicyclic) bond motifs is 2. The van der Waals surface area contributed by atoms with Crippen molar-refractivity contribution in [3.05, 3.63) is 33.5 Å². The fraction of sp³-hybridized carbons (Fsp3) is 0.400. The summed E-state index contributed by atoms with van der Waals surface area (Å²) in [5.41, 5.74) is 3.10. The molecule has 1 aliphatic carbocycles. The zero-order chi connectivity index (χ0) is 15.3. The Hall–Kier alpha value is -2.24. The fourth-order valence-electron chi connectivity index (χ4n) is 2.46. The van der Waals surface area contributed by atoms with E-state index in [0.29, 0.717) is 0 Å². The van der Waals surface area contributed by atoms with Gasteiger partial charge in [0.15, 0.2) is 11.9 Å². The van der Waals surface area contributed by atoms with Crippen LogP contribution in [0.25, 0.3) is 0 Å². The number of aliphatic hydroxyl groups is 1. The molecule has 1 fully saturated rings. The molecular weight excluding hydrogens is 292 g/mol. The van der Waals surface area contributed by atoms with Crippen molar-refractivity contribution in [3.63, 3.8) is 0 Å². The topological polar surface area (TPSA) is 129 Å². The monoisotopic (exact) mass is 301 g/mol. The maximum atomic E-state index is 13.6. The predicted octanol–water partition coefficient (Wildman–Crippen LogP) is -1.59. The molecule has 0 radical (unpaired) electrons. The van der Waals surface area contributed by atoms with Gasteiger partial charge in [0.05, 0.1) is 17.0 Å². The standard InChI is InChI=1S/C10H9F2N5O4/c11-2-1-3-5(8(4(2)12)17(20)21)14-7-6(13-3)9(18)15-16-10(7)19/h1,3,5-6,9,13,15,18H,(H,16,19). The predicted molar refractivity (Wildman–Crippen MR) is 63.5 cm³/mol. The SMILES string of the molecule is O=C1NNC(O)C2NC3C=C(F)C(F)=C([N+](=O)[O-])C3N=C12. The van der Waals surface area contributed by atoms with Crippen LogP contribution in [-0.4, -0.2) is 46.0 Å². The second-order valence-corrected chi connectivity index (χ2v) is 4.64. The molecule has 11 heteroatoms. The van der Waals surface area contributed by atoms with Crippen LogP contribution in [-0.2, 0) is 4.79 Å². The third-order valence-electron chi connectivity index (χ3n) is 3.40. The first-order valence-corrected chi connectivity index (χ1v) is 5.89. The van der Waals surface area contributed by atoms with E-state index in [-0.39, 0.29) is 5.71 Å². The zero-order valence-corrected chi connectivity index (χ0v) is 10.2. The molecule has 0 saturated carbocycles. The van der Waals surface area contributed by atoms with Gasteiger partial charge in [-0.1, -0.05) is 0 Å². The molecule has 3 aliphatic rings. The van der Waals surface area contributed by atoms with Crippen LogP contribution in [0.5, 0.6) is 0 Å². The summed E-state index contributed by atoms with van der Waals surface area (Å²) in [5, 5.41) is 23.3. The highest BCUT2D eigenvalue weighted by Gasteiger charge is 2.48. The van der Waals surface area contributed by atoms with Crippen LogP contribution in [0.1, 0.15) is 0 Å². The van der Waals surface area contributed by atoms with E-state index in [0.717, 1.165) is 6.08 Å². The molecule has 1 saturated heterocycles. The average molecular weight is 301 g/mol. The van der Waals surface area contributed by atoms with E-state index >= 15 is 0 Å². The second kappa shape index (κ2) is 4.65. The number of allylic oxidation sites excluding steroid dienone is 2. The number of rotatable bonds is 1. The first-order chi connectivity index (χ1) is 9.90. The lowest BCUT2D eigenvalue weighted by Gasteiger charge is -2.38. The second-order valence-electron chi connectivity index (χ2n) is 4.64. The Balaban J connectivity index is 2.09. The molecule has 3 rings (SSSR count). The third kappa shape index (κ3) is 2.02. The molecule has 4 atom stereocenters. The van der Waals surface area contributed by atoms with Crippen LogP contribution in [0.3, 0.4) is 0 Å². The van der Waals surface area contributed by atoms with Gasteiger partial charge in [0.1, 0.15) is 11.9 Å². The molecule has 21 heavy (non-hydrogen) atoms.